The van der Waals surface area contributed by atoms with E-state index in [1.54, 1.807) is 18.8 Å². The molecular weight excluding hydrogens is 272 g/mol. The largest absolute Gasteiger partial charge is 0.481 e. The maximum atomic E-state index is 11.9. The van der Waals surface area contributed by atoms with Gasteiger partial charge in [0.1, 0.15) is 6.04 Å². The van der Waals surface area contributed by atoms with Crippen LogP contribution in [0.3, 0.4) is 0 Å². The van der Waals surface area contributed by atoms with Crippen LogP contribution in [0.1, 0.15) is 19.8 Å². The monoisotopic (exact) mass is 292 g/mol. The van der Waals surface area contributed by atoms with Gasteiger partial charge in [0.05, 0.1) is 6.42 Å². The van der Waals surface area contributed by atoms with E-state index in [4.69, 9.17) is 10.2 Å². The van der Waals surface area contributed by atoms with Crippen molar-refractivity contribution in [2.75, 3.05) is 19.1 Å². The maximum Gasteiger partial charge on any atom is 0.326 e. The quantitative estimate of drug-likeness (QED) is 0.608. The molecule has 0 aliphatic heterocycles. The molecule has 19 heavy (non-hydrogen) atoms. The fourth-order valence-corrected chi connectivity index (χ4v) is 2.33. The van der Waals surface area contributed by atoms with Gasteiger partial charge in [-0.3, -0.25) is 4.79 Å². The van der Waals surface area contributed by atoms with Crippen molar-refractivity contribution < 1.29 is 24.6 Å². The first-order valence-electron chi connectivity index (χ1n) is 5.80. The van der Waals surface area contributed by atoms with Crippen LogP contribution in [0.5, 0.6) is 0 Å². The normalized spacial score (nSPS) is 13.4. The Bertz CT molecular complexity index is 337. The number of amides is 2. The molecule has 0 saturated carbocycles. The molecule has 8 heteroatoms. The third-order valence-corrected chi connectivity index (χ3v) is 3.39. The minimum Gasteiger partial charge on any atom is -0.481 e. The number of rotatable bonds is 8. The molecule has 0 aliphatic carbocycles. The van der Waals surface area contributed by atoms with Gasteiger partial charge in [-0.2, -0.15) is 11.8 Å². The van der Waals surface area contributed by atoms with Crippen LogP contribution >= 0.6 is 11.8 Å². The Morgan fingerprint density at radius 3 is 2.26 bits per heavy atom. The average Bonchev–Trinajstić information content (AvgIpc) is 2.33. The van der Waals surface area contributed by atoms with Gasteiger partial charge in [0.2, 0.25) is 0 Å². The fraction of sp³-hybridized carbons (Fsp3) is 0.727. The summed E-state index contributed by atoms with van der Waals surface area (Å²) in [5.41, 5.74) is 0. The second-order valence-electron chi connectivity index (χ2n) is 4.07. The average molecular weight is 292 g/mol. The van der Waals surface area contributed by atoms with Gasteiger partial charge in [0.15, 0.2) is 0 Å². The highest BCUT2D eigenvalue weighted by Gasteiger charge is 2.26. The predicted molar refractivity (Wildman–Crippen MR) is 72.4 cm³/mol. The Morgan fingerprint density at radius 2 is 1.89 bits per heavy atom. The summed E-state index contributed by atoms with van der Waals surface area (Å²) in [5, 5.41) is 19.7. The van der Waals surface area contributed by atoms with Crippen LogP contribution in [0.2, 0.25) is 0 Å². The van der Waals surface area contributed by atoms with Crippen molar-refractivity contribution in [3.63, 3.8) is 0 Å². The summed E-state index contributed by atoms with van der Waals surface area (Å²) in [6.45, 7) is 1.93. The number of urea groups is 1. The molecule has 1 unspecified atom stereocenters. The molecule has 0 saturated heterocycles. The molecule has 0 bridgehead atoms. The number of carbonyl (C=O) groups is 3. The second kappa shape index (κ2) is 8.63. The Labute approximate surface area is 116 Å². The lowest BCUT2D eigenvalue weighted by atomic mass is 10.2. The third-order valence-electron chi connectivity index (χ3n) is 2.67. The van der Waals surface area contributed by atoms with Crippen LogP contribution in [-0.4, -0.2) is 64.2 Å². The van der Waals surface area contributed by atoms with Crippen molar-refractivity contribution in [1.29, 1.82) is 0 Å². The minimum absolute atomic E-state index is 0.0192. The zero-order valence-corrected chi connectivity index (χ0v) is 12.1. The number of thioether (sulfide) groups is 1. The summed E-state index contributed by atoms with van der Waals surface area (Å²) >= 11 is 1.58. The molecule has 2 amide bonds. The first-order chi connectivity index (χ1) is 8.83. The fourth-order valence-electron chi connectivity index (χ4n) is 1.49. The highest BCUT2D eigenvalue weighted by atomic mass is 32.2. The molecule has 2 atom stereocenters. The van der Waals surface area contributed by atoms with E-state index in [1.807, 2.05) is 13.2 Å². The third kappa shape index (κ3) is 6.32. The summed E-state index contributed by atoms with van der Waals surface area (Å²) in [6.07, 6.45) is 2.01. The van der Waals surface area contributed by atoms with E-state index >= 15 is 0 Å². The molecule has 3 N–H and O–H groups in total. The molecule has 110 valence electrons. The lowest BCUT2D eigenvalue weighted by Crippen LogP contribution is -2.50. The van der Waals surface area contributed by atoms with Crippen molar-refractivity contribution in [3.05, 3.63) is 0 Å². The van der Waals surface area contributed by atoms with Gasteiger partial charge in [0, 0.05) is 18.8 Å². The number of hydrogen-bond acceptors (Lipinski definition) is 4. The summed E-state index contributed by atoms with van der Waals surface area (Å²) in [7, 11) is 1.57. The zero-order chi connectivity index (χ0) is 15.0. The van der Waals surface area contributed by atoms with E-state index in [0.29, 0.717) is 0 Å². The molecule has 0 radical (unpaired) electrons. The molecule has 0 heterocycles. The molecule has 0 aromatic rings. The standard InChI is InChI=1S/C11H20N2O5S/c1-4-7(6-19-3)13(2)11(18)12-8(10(16)17)5-9(14)15/h7-8H,4-6H2,1-3H3,(H,12,18)(H,14,15)(H,16,17)/t7?,8-/m1/s1. The topological polar surface area (TPSA) is 107 Å². The molecule has 7 nitrogen and oxygen atoms in total. The molecule has 0 fully saturated rings. The van der Waals surface area contributed by atoms with Crippen molar-refractivity contribution in [2.45, 2.75) is 31.8 Å². The van der Waals surface area contributed by atoms with Gasteiger partial charge in [0.25, 0.3) is 0 Å². The van der Waals surface area contributed by atoms with E-state index in [2.05, 4.69) is 5.32 Å². The number of carboxylic acids is 2. The summed E-state index contributed by atoms with van der Waals surface area (Å²) in [5.74, 6) is -1.90. The van der Waals surface area contributed by atoms with Crippen molar-refractivity contribution in [2.24, 2.45) is 0 Å². The number of hydrogen-bond donors (Lipinski definition) is 3. The minimum atomic E-state index is -1.42. The van der Waals surface area contributed by atoms with E-state index in [1.165, 1.54) is 4.90 Å². The first-order valence-corrected chi connectivity index (χ1v) is 7.19. The van der Waals surface area contributed by atoms with Crippen LogP contribution in [-0.2, 0) is 9.59 Å². The number of nitrogens with one attached hydrogen (secondary N) is 1. The van der Waals surface area contributed by atoms with Gasteiger partial charge < -0.3 is 20.4 Å². The zero-order valence-electron chi connectivity index (χ0n) is 11.3. The Morgan fingerprint density at radius 1 is 1.32 bits per heavy atom. The molecular formula is C11H20N2O5S. The number of aliphatic carboxylic acids is 2. The van der Waals surface area contributed by atoms with Crippen LogP contribution in [0.15, 0.2) is 0 Å². The smallest absolute Gasteiger partial charge is 0.326 e. The van der Waals surface area contributed by atoms with E-state index < -0.39 is 30.4 Å². The summed E-state index contributed by atoms with van der Waals surface area (Å²) in [6, 6.07) is -2.01. The van der Waals surface area contributed by atoms with Crippen molar-refractivity contribution in [1.82, 2.24) is 10.2 Å². The summed E-state index contributed by atoms with van der Waals surface area (Å²) < 4.78 is 0. The highest BCUT2D eigenvalue weighted by Crippen LogP contribution is 2.09. The molecule has 0 aromatic heterocycles. The Hall–Kier alpha value is -1.44. The van der Waals surface area contributed by atoms with E-state index in [-0.39, 0.29) is 6.04 Å². The number of nitrogens with zero attached hydrogens (tertiary/aromatic N) is 1. The van der Waals surface area contributed by atoms with Gasteiger partial charge in [-0.15, -0.1) is 0 Å². The van der Waals surface area contributed by atoms with Crippen LogP contribution < -0.4 is 5.32 Å². The first kappa shape index (κ1) is 17.6. The number of carboxylic acid groups (broad SMARTS) is 2. The molecule has 0 spiro atoms. The molecule has 0 aliphatic rings. The number of carbonyl (C=O) groups excluding carboxylic acids is 1. The summed E-state index contributed by atoms with van der Waals surface area (Å²) in [4.78, 5) is 34.7. The van der Waals surface area contributed by atoms with Gasteiger partial charge in [-0.1, -0.05) is 6.92 Å². The van der Waals surface area contributed by atoms with Crippen LogP contribution in [0.4, 0.5) is 4.79 Å². The second-order valence-corrected chi connectivity index (χ2v) is 4.98. The highest BCUT2D eigenvalue weighted by molar-refractivity contribution is 7.98. The van der Waals surface area contributed by atoms with E-state index in [0.717, 1.165) is 12.2 Å². The molecule has 0 rings (SSSR count). The SMILES string of the molecule is CCC(CSC)N(C)C(=O)N[C@H](CC(=O)O)C(=O)O. The van der Waals surface area contributed by atoms with Gasteiger partial charge in [-0.25, -0.2) is 9.59 Å². The predicted octanol–water partition coefficient (Wildman–Crippen LogP) is 0.697. The Kier molecular flexibility index (Phi) is 7.97. The van der Waals surface area contributed by atoms with Crippen molar-refractivity contribution in [3.8, 4) is 0 Å². The maximum absolute atomic E-state index is 11.9. The Balaban J connectivity index is 4.61. The van der Waals surface area contributed by atoms with Gasteiger partial charge in [-0.05, 0) is 12.7 Å². The van der Waals surface area contributed by atoms with Crippen LogP contribution in [0, 0.1) is 0 Å². The van der Waals surface area contributed by atoms with Crippen LogP contribution in [0.25, 0.3) is 0 Å². The van der Waals surface area contributed by atoms with Crippen molar-refractivity contribution >= 4 is 29.7 Å². The lowest BCUT2D eigenvalue weighted by molar-refractivity contribution is -0.145. The lowest BCUT2D eigenvalue weighted by Gasteiger charge is -2.28. The van der Waals surface area contributed by atoms with E-state index in [9.17, 15) is 14.4 Å². The van der Waals surface area contributed by atoms with Gasteiger partial charge >= 0.3 is 18.0 Å². The molecule has 0 aromatic carbocycles.